The fourth-order valence-electron chi connectivity index (χ4n) is 0.899. The van der Waals surface area contributed by atoms with E-state index in [9.17, 15) is 9.18 Å². The lowest BCUT2D eigenvalue weighted by molar-refractivity contribution is -0.117. The van der Waals surface area contributed by atoms with Crippen LogP contribution in [0, 0.1) is 5.82 Å². The Labute approximate surface area is 99.9 Å². The van der Waals surface area contributed by atoms with Crippen molar-refractivity contribution in [2.45, 2.75) is 13.0 Å². The van der Waals surface area contributed by atoms with Crippen LogP contribution < -0.4 is 11.1 Å². The van der Waals surface area contributed by atoms with Crippen molar-refractivity contribution in [3.63, 3.8) is 0 Å². The monoisotopic (exact) mass is 294 g/mol. The Morgan fingerprint density at radius 2 is 2.27 bits per heavy atom. The fraction of sp³-hybridized carbons (Fsp3) is 0.222. The van der Waals surface area contributed by atoms with E-state index in [0.29, 0.717) is 10.2 Å². The maximum Gasteiger partial charge on any atom is 0.241 e. The number of carbonyl (C=O) groups is 1. The molecule has 1 atom stereocenters. The zero-order valence-electron chi connectivity index (χ0n) is 7.85. The molecule has 82 valence electrons. The lowest BCUT2D eigenvalue weighted by Crippen LogP contribution is -2.32. The summed E-state index contributed by atoms with van der Waals surface area (Å²) in [6.07, 6.45) is 0. The van der Waals surface area contributed by atoms with E-state index in [2.05, 4.69) is 21.2 Å². The first kappa shape index (κ1) is 12.4. The van der Waals surface area contributed by atoms with Crippen molar-refractivity contribution in [2.24, 2.45) is 5.73 Å². The van der Waals surface area contributed by atoms with Gasteiger partial charge in [0.2, 0.25) is 5.91 Å². The second-order valence-electron chi connectivity index (χ2n) is 3.02. The van der Waals surface area contributed by atoms with E-state index >= 15 is 0 Å². The highest BCUT2D eigenvalue weighted by Gasteiger charge is 2.13. The molecule has 0 spiro atoms. The van der Waals surface area contributed by atoms with Crippen molar-refractivity contribution >= 4 is 39.1 Å². The van der Waals surface area contributed by atoms with E-state index in [-0.39, 0.29) is 10.9 Å². The lowest BCUT2D eigenvalue weighted by Gasteiger charge is -2.11. The number of benzene rings is 1. The third kappa shape index (κ3) is 3.15. The van der Waals surface area contributed by atoms with E-state index in [0.717, 1.165) is 6.07 Å². The van der Waals surface area contributed by atoms with Crippen LogP contribution in [0.5, 0.6) is 0 Å². The van der Waals surface area contributed by atoms with Gasteiger partial charge < -0.3 is 11.1 Å². The molecule has 0 bridgehead atoms. The van der Waals surface area contributed by atoms with Crippen molar-refractivity contribution in [3.8, 4) is 0 Å². The van der Waals surface area contributed by atoms with Crippen LogP contribution in [0.3, 0.4) is 0 Å². The number of hydrogen-bond donors (Lipinski definition) is 2. The maximum absolute atomic E-state index is 12.9. The molecule has 1 rings (SSSR count). The fourth-order valence-corrected chi connectivity index (χ4v) is 1.80. The molecule has 0 aliphatic rings. The lowest BCUT2D eigenvalue weighted by atomic mass is 10.2. The Morgan fingerprint density at radius 1 is 1.67 bits per heavy atom. The van der Waals surface area contributed by atoms with Crippen LogP contribution >= 0.6 is 27.5 Å². The molecule has 0 saturated heterocycles. The zero-order valence-corrected chi connectivity index (χ0v) is 10.2. The molecular weight excluding hydrogens is 286 g/mol. The molecule has 0 heterocycles. The summed E-state index contributed by atoms with van der Waals surface area (Å²) in [5.74, 6) is -0.866. The highest BCUT2D eigenvalue weighted by molar-refractivity contribution is 9.10. The number of hydrogen-bond acceptors (Lipinski definition) is 2. The molecule has 3 N–H and O–H groups in total. The molecule has 3 nitrogen and oxygen atoms in total. The van der Waals surface area contributed by atoms with Gasteiger partial charge in [0.25, 0.3) is 0 Å². The molecule has 1 amide bonds. The van der Waals surface area contributed by atoms with Gasteiger partial charge in [-0.05, 0) is 35.0 Å². The Kier molecular flexibility index (Phi) is 4.07. The Hall–Kier alpha value is -0.650. The van der Waals surface area contributed by atoms with Gasteiger partial charge >= 0.3 is 0 Å². The number of amides is 1. The molecule has 0 radical (unpaired) electrons. The second-order valence-corrected chi connectivity index (χ2v) is 4.28. The summed E-state index contributed by atoms with van der Waals surface area (Å²) >= 11 is 8.85. The minimum Gasteiger partial charge on any atom is -0.322 e. The van der Waals surface area contributed by atoms with Gasteiger partial charge in [0.1, 0.15) is 5.82 Å². The van der Waals surface area contributed by atoms with Crippen LogP contribution in [0.15, 0.2) is 16.6 Å². The van der Waals surface area contributed by atoms with Gasteiger partial charge in [0.05, 0.1) is 16.8 Å². The minimum absolute atomic E-state index is 0.121. The average Bonchev–Trinajstić information content (AvgIpc) is 2.10. The van der Waals surface area contributed by atoms with E-state index in [1.165, 1.54) is 6.07 Å². The topological polar surface area (TPSA) is 55.1 Å². The van der Waals surface area contributed by atoms with Gasteiger partial charge in [-0.15, -0.1) is 0 Å². The Morgan fingerprint density at radius 3 is 2.73 bits per heavy atom. The second kappa shape index (κ2) is 4.92. The van der Waals surface area contributed by atoms with Crippen LogP contribution in [-0.4, -0.2) is 11.9 Å². The number of nitrogens with one attached hydrogen (secondary N) is 1. The number of halogens is 3. The molecule has 0 aliphatic heterocycles. The van der Waals surface area contributed by atoms with Crippen LogP contribution in [-0.2, 0) is 4.79 Å². The van der Waals surface area contributed by atoms with E-state index in [1.54, 1.807) is 6.92 Å². The first-order valence-electron chi connectivity index (χ1n) is 4.13. The molecule has 0 aliphatic carbocycles. The normalized spacial score (nSPS) is 12.3. The van der Waals surface area contributed by atoms with E-state index in [4.69, 9.17) is 17.3 Å². The summed E-state index contributed by atoms with van der Waals surface area (Å²) in [6.45, 7) is 1.54. The minimum atomic E-state index is -0.655. The largest absolute Gasteiger partial charge is 0.322 e. The van der Waals surface area contributed by atoms with Crippen molar-refractivity contribution in [1.29, 1.82) is 0 Å². The van der Waals surface area contributed by atoms with E-state index < -0.39 is 11.9 Å². The summed E-state index contributed by atoms with van der Waals surface area (Å²) < 4.78 is 13.2. The average molecular weight is 296 g/mol. The van der Waals surface area contributed by atoms with Crippen molar-refractivity contribution < 1.29 is 9.18 Å². The van der Waals surface area contributed by atoms with Crippen LogP contribution in [0.1, 0.15) is 6.92 Å². The molecular formula is C9H9BrClFN2O. The third-order valence-electron chi connectivity index (χ3n) is 1.67. The quantitative estimate of drug-likeness (QED) is 0.881. The molecule has 6 heteroatoms. The number of rotatable bonds is 2. The molecule has 0 fully saturated rings. The smallest absolute Gasteiger partial charge is 0.241 e. The van der Waals surface area contributed by atoms with Gasteiger partial charge in [-0.2, -0.15) is 0 Å². The highest BCUT2D eigenvalue weighted by atomic mass is 79.9. The van der Waals surface area contributed by atoms with Crippen molar-refractivity contribution in [2.75, 3.05) is 5.32 Å². The molecule has 0 saturated carbocycles. The molecule has 15 heavy (non-hydrogen) atoms. The standard InChI is InChI=1S/C9H9BrClFN2O/c1-4(13)9(15)14-8-6(10)2-5(12)3-7(8)11/h2-4H,13H2,1H3,(H,14,15). The molecule has 0 aromatic heterocycles. The SMILES string of the molecule is CC(N)C(=O)Nc1c(Cl)cc(F)cc1Br. The number of nitrogens with two attached hydrogens (primary N) is 1. The van der Waals surface area contributed by atoms with Gasteiger partial charge in [0.15, 0.2) is 0 Å². The van der Waals surface area contributed by atoms with E-state index in [1.807, 2.05) is 0 Å². The molecule has 1 aromatic carbocycles. The summed E-state index contributed by atoms with van der Waals surface area (Å²) in [4.78, 5) is 11.3. The predicted octanol–water partition coefficient (Wildman–Crippen LogP) is 2.53. The Balaban J connectivity index is 3.00. The first-order chi connectivity index (χ1) is 6.91. The molecule has 1 unspecified atom stereocenters. The summed E-state index contributed by atoms with van der Waals surface area (Å²) in [6, 6.07) is 1.67. The van der Waals surface area contributed by atoms with Gasteiger partial charge in [0, 0.05) is 4.47 Å². The van der Waals surface area contributed by atoms with Crippen molar-refractivity contribution in [1.82, 2.24) is 0 Å². The van der Waals surface area contributed by atoms with Crippen molar-refractivity contribution in [3.05, 3.63) is 27.4 Å². The predicted molar refractivity (Wildman–Crippen MR) is 61.4 cm³/mol. The highest BCUT2D eigenvalue weighted by Crippen LogP contribution is 2.31. The maximum atomic E-state index is 12.9. The number of carbonyl (C=O) groups excluding carboxylic acids is 1. The third-order valence-corrected chi connectivity index (χ3v) is 2.59. The summed E-state index contributed by atoms with van der Waals surface area (Å²) in [7, 11) is 0. The first-order valence-corrected chi connectivity index (χ1v) is 5.30. The summed E-state index contributed by atoms with van der Waals surface area (Å²) in [5, 5.41) is 2.62. The number of anilines is 1. The Bertz CT molecular complexity index is 375. The van der Waals surface area contributed by atoms with Gasteiger partial charge in [-0.25, -0.2) is 4.39 Å². The molecule has 1 aromatic rings. The van der Waals surface area contributed by atoms with Crippen LogP contribution in [0.2, 0.25) is 5.02 Å². The summed E-state index contributed by atoms with van der Waals surface area (Å²) in [5.41, 5.74) is 5.69. The zero-order chi connectivity index (χ0) is 11.6. The van der Waals surface area contributed by atoms with Crippen LogP contribution in [0.4, 0.5) is 10.1 Å². The van der Waals surface area contributed by atoms with Crippen LogP contribution in [0.25, 0.3) is 0 Å². The van der Waals surface area contributed by atoms with Gasteiger partial charge in [-0.1, -0.05) is 11.6 Å². The van der Waals surface area contributed by atoms with Gasteiger partial charge in [-0.3, -0.25) is 4.79 Å².